The third kappa shape index (κ3) is 6.16. The molecule has 0 spiro atoms. The van der Waals surface area contributed by atoms with Crippen LogP contribution in [-0.2, 0) is 26.0 Å². The first-order valence-corrected chi connectivity index (χ1v) is 15.6. The minimum absolute atomic E-state index is 0.104. The highest BCUT2D eigenvalue weighted by Gasteiger charge is 2.39. The number of para-hydroxylation sites is 2. The molecule has 1 fully saturated rings. The van der Waals surface area contributed by atoms with Gasteiger partial charge in [-0.25, -0.2) is 8.42 Å². The number of benzene rings is 3. The van der Waals surface area contributed by atoms with E-state index in [-0.39, 0.29) is 37.4 Å². The minimum atomic E-state index is -3.68. The van der Waals surface area contributed by atoms with Crippen molar-refractivity contribution in [1.82, 2.24) is 9.62 Å². The van der Waals surface area contributed by atoms with Crippen LogP contribution < -0.4 is 15.0 Å². The Bertz CT molecular complexity index is 1510. The zero-order chi connectivity index (χ0) is 29.1. The highest BCUT2D eigenvalue weighted by molar-refractivity contribution is 7.89. The highest BCUT2D eigenvalue weighted by atomic mass is 32.2. The molecule has 0 radical (unpaired) electrons. The van der Waals surface area contributed by atoms with Gasteiger partial charge in [-0.15, -0.1) is 0 Å². The fourth-order valence-corrected chi connectivity index (χ4v) is 7.82. The molecule has 2 aliphatic heterocycles. The standard InChI is InChI=1S/C32H37N3O5S/c1-22-19-23(2)30(24(3)20-22)41(38,39)34-17-14-26(15-18-34)32(37)35-21-29(40-28-12-8-7-11-27(28)35)31(36)33-16-13-25-9-5-4-6-10-25/h4-12,19-20,26,29H,13-18,21H2,1-3H3,(H,33,36)/t29-/m0/s1. The van der Waals surface area contributed by atoms with Crippen LogP contribution in [0.1, 0.15) is 35.1 Å². The third-order valence-electron chi connectivity index (χ3n) is 7.89. The van der Waals surface area contributed by atoms with E-state index in [1.165, 1.54) is 4.31 Å². The van der Waals surface area contributed by atoms with Crippen LogP contribution in [0.15, 0.2) is 71.6 Å². The van der Waals surface area contributed by atoms with E-state index in [1.807, 2.05) is 81.4 Å². The first-order chi connectivity index (χ1) is 19.6. The van der Waals surface area contributed by atoms with E-state index in [0.717, 1.165) is 22.3 Å². The molecule has 9 heteroatoms. The van der Waals surface area contributed by atoms with E-state index in [4.69, 9.17) is 4.74 Å². The number of ether oxygens (including phenoxy) is 1. The molecular formula is C32H37N3O5S. The molecule has 0 aliphatic carbocycles. The van der Waals surface area contributed by atoms with Crippen molar-refractivity contribution < 1.29 is 22.7 Å². The van der Waals surface area contributed by atoms with E-state index in [1.54, 1.807) is 11.0 Å². The number of sulfonamides is 1. The maximum absolute atomic E-state index is 13.8. The summed E-state index contributed by atoms with van der Waals surface area (Å²) >= 11 is 0. The number of amides is 2. The van der Waals surface area contributed by atoms with Crippen LogP contribution in [0.25, 0.3) is 0 Å². The highest BCUT2D eigenvalue weighted by Crippen LogP contribution is 2.36. The van der Waals surface area contributed by atoms with Crippen LogP contribution in [0.2, 0.25) is 0 Å². The molecule has 2 heterocycles. The number of nitrogens with one attached hydrogen (secondary N) is 1. The second-order valence-corrected chi connectivity index (χ2v) is 12.8. The van der Waals surface area contributed by atoms with Crippen molar-refractivity contribution in [2.75, 3.05) is 31.1 Å². The van der Waals surface area contributed by atoms with Crippen molar-refractivity contribution in [2.24, 2.45) is 5.92 Å². The summed E-state index contributed by atoms with van der Waals surface area (Å²) in [6, 6.07) is 20.9. The zero-order valence-electron chi connectivity index (χ0n) is 23.8. The van der Waals surface area contributed by atoms with Gasteiger partial charge < -0.3 is 15.0 Å². The molecule has 8 nitrogen and oxygen atoms in total. The van der Waals surface area contributed by atoms with Crippen molar-refractivity contribution in [1.29, 1.82) is 0 Å². The van der Waals surface area contributed by atoms with Gasteiger partial charge >= 0.3 is 0 Å². The number of aryl methyl sites for hydroxylation is 3. The predicted molar refractivity (Wildman–Crippen MR) is 159 cm³/mol. The number of rotatable bonds is 7. The van der Waals surface area contributed by atoms with Gasteiger partial charge in [0.15, 0.2) is 6.10 Å². The molecule has 0 saturated carbocycles. The SMILES string of the molecule is Cc1cc(C)c(S(=O)(=O)N2CCC(C(=O)N3C[C@@H](C(=O)NCCc4ccccc4)Oc4ccccc43)CC2)c(C)c1. The fraction of sp³-hybridized carbons (Fsp3) is 0.375. The lowest BCUT2D eigenvalue weighted by molar-refractivity contribution is -0.129. The third-order valence-corrected chi connectivity index (χ3v) is 10.1. The Balaban J connectivity index is 1.25. The van der Waals surface area contributed by atoms with Gasteiger partial charge in [0.25, 0.3) is 5.91 Å². The van der Waals surface area contributed by atoms with Gasteiger partial charge in [0.05, 0.1) is 17.1 Å². The molecule has 2 aliphatic rings. The number of piperidine rings is 1. The summed E-state index contributed by atoms with van der Waals surface area (Å²) in [6.07, 6.45) is 0.685. The molecular weight excluding hydrogens is 538 g/mol. The second-order valence-electron chi connectivity index (χ2n) is 11.0. The largest absolute Gasteiger partial charge is 0.477 e. The summed E-state index contributed by atoms with van der Waals surface area (Å²) in [5, 5.41) is 2.95. The van der Waals surface area contributed by atoms with Gasteiger partial charge in [-0.05, 0) is 68.9 Å². The Morgan fingerprint density at radius 3 is 2.24 bits per heavy atom. The van der Waals surface area contributed by atoms with Crippen molar-refractivity contribution >= 4 is 27.5 Å². The number of carbonyl (C=O) groups excluding carboxylic acids is 2. The Hall–Kier alpha value is -3.69. The van der Waals surface area contributed by atoms with Gasteiger partial charge in [0, 0.05) is 25.6 Å². The van der Waals surface area contributed by atoms with Gasteiger partial charge in [0.2, 0.25) is 15.9 Å². The Morgan fingerprint density at radius 1 is 0.927 bits per heavy atom. The minimum Gasteiger partial charge on any atom is -0.477 e. The first kappa shape index (κ1) is 28.8. The van der Waals surface area contributed by atoms with E-state index in [9.17, 15) is 18.0 Å². The molecule has 1 atom stereocenters. The fourth-order valence-electron chi connectivity index (χ4n) is 5.93. The Kier molecular flexibility index (Phi) is 8.47. The Labute approximate surface area is 242 Å². The quantitative estimate of drug-likeness (QED) is 0.456. The molecule has 0 bridgehead atoms. The molecule has 5 rings (SSSR count). The van der Waals surface area contributed by atoms with E-state index >= 15 is 0 Å². The Morgan fingerprint density at radius 2 is 1.56 bits per heavy atom. The second kappa shape index (κ2) is 12.0. The summed E-state index contributed by atoms with van der Waals surface area (Å²) < 4.78 is 34.6. The molecule has 0 unspecified atom stereocenters. The molecule has 1 saturated heterocycles. The number of carbonyl (C=O) groups is 2. The number of fused-ring (bicyclic) bond motifs is 1. The number of hydrogen-bond donors (Lipinski definition) is 1. The van der Waals surface area contributed by atoms with Gasteiger partial charge in [-0.3, -0.25) is 9.59 Å². The topological polar surface area (TPSA) is 96.0 Å². The van der Waals surface area contributed by atoms with E-state index in [2.05, 4.69) is 5.32 Å². The van der Waals surface area contributed by atoms with Gasteiger partial charge in [-0.2, -0.15) is 4.31 Å². The van der Waals surface area contributed by atoms with Gasteiger partial charge in [-0.1, -0.05) is 60.2 Å². The molecule has 3 aromatic rings. The lowest BCUT2D eigenvalue weighted by Gasteiger charge is -2.38. The van der Waals surface area contributed by atoms with Crippen LogP contribution in [-0.4, -0.2) is 56.8 Å². The van der Waals surface area contributed by atoms with Crippen LogP contribution in [0.4, 0.5) is 5.69 Å². The van der Waals surface area contributed by atoms with Gasteiger partial charge in [0.1, 0.15) is 5.75 Å². The molecule has 2 amide bonds. The monoisotopic (exact) mass is 575 g/mol. The summed E-state index contributed by atoms with van der Waals surface area (Å²) in [7, 11) is -3.68. The predicted octanol–water partition coefficient (Wildman–Crippen LogP) is 4.17. The lowest BCUT2D eigenvalue weighted by Crippen LogP contribution is -2.53. The van der Waals surface area contributed by atoms with E-state index in [0.29, 0.717) is 42.1 Å². The van der Waals surface area contributed by atoms with Crippen LogP contribution in [0.5, 0.6) is 5.75 Å². The molecule has 1 N–H and O–H groups in total. The summed E-state index contributed by atoms with van der Waals surface area (Å²) in [6.45, 7) is 6.71. The maximum atomic E-state index is 13.8. The van der Waals surface area contributed by atoms with Crippen LogP contribution in [0, 0.1) is 26.7 Å². The summed E-state index contributed by atoms with van der Waals surface area (Å²) in [5.74, 6) is -0.240. The van der Waals surface area contributed by atoms with E-state index < -0.39 is 16.1 Å². The molecule has 41 heavy (non-hydrogen) atoms. The van der Waals surface area contributed by atoms with Crippen molar-refractivity contribution in [3.63, 3.8) is 0 Å². The smallest absolute Gasteiger partial charge is 0.262 e. The molecule has 3 aromatic carbocycles. The van der Waals surface area contributed by atoms with Crippen molar-refractivity contribution in [3.05, 3.63) is 89.0 Å². The number of anilines is 1. The average molecular weight is 576 g/mol. The zero-order valence-corrected chi connectivity index (χ0v) is 24.6. The average Bonchev–Trinajstić information content (AvgIpc) is 2.96. The lowest BCUT2D eigenvalue weighted by atomic mass is 9.95. The number of hydrogen-bond acceptors (Lipinski definition) is 5. The summed E-state index contributed by atoms with van der Waals surface area (Å²) in [4.78, 5) is 28.9. The maximum Gasteiger partial charge on any atom is 0.262 e. The van der Waals surface area contributed by atoms with Crippen LogP contribution in [0.3, 0.4) is 0 Å². The molecule has 216 valence electrons. The van der Waals surface area contributed by atoms with Crippen LogP contribution >= 0.6 is 0 Å². The normalized spacial score (nSPS) is 17.9. The van der Waals surface area contributed by atoms with Crippen molar-refractivity contribution in [3.8, 4) is 5.75 Å². The summed E-state index contributed by atoms with van der Waals surface area (Å²) in [5.41, 5.74) is 4.25. The van der Waals surface area contributed by atoms with Crippen molar-refractivity contribution in [2.45, 2.75) is 51.0 Å². The first-order valence-electron chi connectivity index (χ1n) is 14.1. The number of nitrogens with zero attached hydrogens (tertiary/aromatic N) is 2. The molecule has 0 aromatic heterocycles.